The third-order valence-corrected chi connectivity index (χ3v) is 13.5. The van der Waals surface area contributed by atoms with Crippen molar-refractivity contribution in [3.63, 3.8) is 0 Å². The Hall–Kier alpha value is -6.73. The van der Waals surface area contributed by atoms with Gasteiger partial charge in [0.25, 0.3) is 5.91 Å². The van der Waals surface area contributed by atoms with Crippen molar-refractivity contribution in [2.45, 2.75) is 33.7 Å². The number of thiazole rings is 1. The largest absolute Gasteiger partial charge is 0.395 e. The van der Waals surface area contributed by atoms with Gasteiger partial charge in [-0.15, -0.1) is 0 Å². The van der Waals surface area contributed by atoms with E-state index in [9.17, 15) is 9.59 Å². The van der Waals surface area contributed by atoms with E-state index in [0.29, 0.717) is 50.4 Å². The number of aryl methyl sites for hydroxylation is 3. The third-order valence-electron chi connectivity index (χ3n) is 12.2. The zero-order valence-electron chi connectivity index (χ0n) is 39.9. The van der Waals surface area contributed by atoms with E-state index in [4.69, 9.17) is 16.7 Å². The average molecular weight is 981 g/mol. The number of anilines is 6. The molecule has 16 nitrogen and oxygen atoms in total. The molecule has 0 bridgehead atoms. The van der Waals surface area contributed by atoms with E-state index in [-0.39, 0.29) is 24.7 Å². The summed E-state index contributed by atoms with van der Waals surface area (Å²) in [5, 5.41) is 19.9. The number of hydrogen-bond acceptors (Lipinski definition) is 16. The maximum absolute atomic E-state index is 12.9. The molecular weight excluding hydrogens is 922 g/mol. The fourth-order valence-corrected chi connectivity index (χ4v) is 9.16. The van der Waals surface area contributed by atoms with E-state index < -0.39 is 0 Å². The molecule has 2 fully saturated rings. The zero-order chi connectivity index (χ0) is 49.0. The minimum Gasteiger partial charge on any atom is -0.395 e. The van der Waals surface area contributed by atoms with Gasteiger partial charge in [-0.25, -0.2) is 24.9 Å². The number of likely N-dealkylation sites (N-methyl/N-ethyl adjacent to an activating group) is 1. The Morgan fingerprint density at radius 1 is 0.771 bits per heavy atom. The summed E-state index contributed by atoms with van der Waals surface area (Å²) in [5.41, 5.74) is 7.93. The van der Waals surface area contributed by atoms with Gasteiger partial charge >= 0.3 is 0 Å². The van der Waals surface area contributed by atoms with Gasteiger partial charge < -0.3 is 30.9 Å². The summed E-state index contributed by atoms with van der Waals surface area (Å²) < 4.78 is 0. The van der Waals surface area contributed by atoms with Gasteiger partial charge in [-0.1, -0.05) is 53.3 Å². The molecule has 0 unspecified atom stereocenters. The molecule has 0 atom stereocenters. The molecular formula is C52H58ClN13O3S. The van der Waals surface area contributed by atoms with Crippen molar-refractivity contribution in [2.75, 3.05) is 93.4 Å². The number of aromatic nitrogens is 6. The summed E-state index contributed by atoms with van der Waals surface area (Å²) >= 11 is 7.58. The molecule has 2 aliphatic rings. The second-order valence-corrected chi connectivity index (χ2v) is 18.8. The highest BCUT2D eigenvalue weighted by atomic mass is 35.5. The highest BCUT2D eigenvalue weighted by Gasteiger charge is 2.20. The summed E-state index contributed by atoms with van der Waals surface area (Å²) in [6.07, 6.45) is 7.05. The van der Waals surface area contributed by atoms with Crippen LogP contribution in [0.25, 0.3) is 11.3 Å². The van der Waals surface area contributed by atoms with Crippen molar-refractivity contribution < 1.29 is 14.7 Å². The minimum atomic E-state index is -0.143. The lowest BCUT2D eigenvalue weighted by Gasteiger charge is -2.35. The molecule has 362 valence electrons. The fraction of sp³-hybridized carbons (Fsp3) is 0.308. The summed E-state index contributed by atoms with van der Waals surface area (Å²) in [6, 6.07) is 26.9. The number of nitrogens with one attached hydrogen (secondary N) is 3. The van der Waals surface area contributed by atoms with Crippen molar-refractivity contribution >= 4 is 68.7 Å². The van der Waals surface area contributed by atoms with Gasteiger partial charge in [0.05, 0.1) is 23.4 Å². The Kier molecular flexibility index (Phi) is 16.8. The minimum absolute atomic E-state index is 0.0166. The van der Waals surface area contributed by atoms with Crippen molar-refractivity contribution in [2.24, 2.45) is 0 Å². The molecule has 70 heavy (non-hydrogen) atoms. The number of halogens is 1. The number of carbonyl (C=O) groups is 2. The first-order chi connectivity index (χ1) is 34.0. The lowest BCUT2D eigenvalue weighted by atomic mass is 10.0. The molecule has 1 amide bonds. The van der Waals surface area contributed by atoms with Gasteiger partial charge in [0.1, 0.15) is 17.5 Å². The van der Waals surface area contributed by atoms with Gasteiger partial charge in [-0.3, -0.25) is 24.4 Å². The molecule has 0 spiro atoms. The van der Waals surface area contributed by atoms with E-state index in [1.165, 1.54) is 16.9 Å². The number of ketones is 1. The number of hydrogen-bond donors (Lipinski definition) is 4. The van der Waals surface area contributed by atoms with Crippen LogP contribution in [0.2, 0.25) is 5.02 Å². The normalized spacial score (nSPS) is 14.4. The number of aliphatic hydroxyl groups is 1. The molecule has 4 N–H and O–H groups in total. The maximum atomic E-state index is 12.9. The first-order valence-corrected chi connectivity index (χ1v) is 24.5. The number of β-amino-alcohol motifs (C(OH)–C–C–N with tert-alkyl or cyclic N) is 1. The van der Waals surface area contributed by atoms with E-state index in [0.717, 1.165) is 98.4 Å². The predicted molar refractivity (Wildman–Crippen MR) is 279 cm³/mol. The van der Waals surface area contributed by atoms with Crippen LogP contribution in [0.5, 0.6) is 0 Å². The standard InChI is InChI=1S/C29H31N7O.C23H27ClN6O2S/c1-21-5-10-25(18-27(21)34-29-31-13-11-26(33-29)24-4-3-12-30-19-24)32-28(37)23-8-6-22(7-9-23)20-36-16-14-35(2)15-17-36;1-15-4-3-5-18(24)17(15)12-19(32)20-14-25-23(33-20)28-21-13-22(27-16(2)26-21)30-8-6-29(7-9-30)10-11-31/h3-13,18-19H,14-17,20H2,1-2H3,(H,32,37)(H,31,33,34);3-5,13-14,31H,6-12H2,1-2H3,(H,25,26,27,28). The number of aliphatic hydroxyl groups excluding tert-OH is 1. The number of amides is 1. The highest BCUT2D eigenvalue weighted by Crippen LogP contribution is 2.28. The van der Waals surface area contributed by atoms with Crippen LogP contribution in [-0.4, -0.2) is 134 Å². The molecule has 9 rings (SSSR count). The van der Waals surface area contributed by atoms with E-state index in [1.807, 2.05) is 99.6 Å². The van der Waals surface area contributed by atoms with Gasteiger partial charge in [0.15, 0.2) is 10.9 Å². The molecule has 2 saturated heterocycles. The lowest BCUT2D eigenvalue weighted by molar-refractivity contribution is 0.0994. The monoisotopic (exact) mass is 979 g/mol. The van der Waals surface area contributed by atoms with Crippen molar-refractivity contribution in [1.29, 1.82) is 0 Å². The van der Waals surface area contributed by atoms with E-state index in [2.05, 4.69) is 72.5 Å². The SMILES string of the molecule is Cc1ccc(NC(=O)c2ccc(CN3CCN(C)CC3)cc2)cc1Nc1nccc(-c2cccnc2)n1.Cc1nc(Nc2ncc(C(=O)Cc3c(C)cccc3Cl)s2)cc(N2CCN(CCO)CC2)n1. The first kappa shape index (κ1) is 49.7. The van der Waals surface area contributed by atoms with Crippen molar-refractivity contribution in [1.82, 2.24) is 44.6 Å². The Labute approximate surface area is 417 Å². The zero-order valence-corrected chi connectivity index (χ0v) is 41.5. The number of carbonyl (C=O) groups excluding carboxylic acids is 2. The van der Waals surface area contributed by atoms with Gasteiger partial charge in [-0.2, -0.15) is 0 Å². The summed E-state index contributed by atoms with van der Waals surface area (Å²) in [5.74, 6) is 2.48. The van der Waals surface area contributed by atoms with Crippen LogP contribution in [0, 0.1) is 20.8 Å². The quantitative estimate of drug-likeness (QED) is 0.0724. The molecule has 3 aromatic carbocycles. The first-order valence-electron chi connectivity index (χ1n) is 23.3. The van der Waals surface area contributed by atoms with Gasteiger partial charge in [0.2, 0.25) is 5.95 Å². The van der Waals surface area contributed by atoms with Crippen LogP contribution in [-0.2, 0) is 13.0 Å². The Balaban J connectivity index is 0.000000190. The van der Waals surface area contributed by atoms with E-state index in [1.54, 1.807) is 30.9 Å². The molecule has 6 heterocycles. The second kappa shape index (κ2) is 23.7. The number of rotatable bonds is 15. The maximum Gasteiger partial charge on any atom is 0.255 e. The van der Waals surface area contributed by atoms with Crippen LogP contribution in [0.3, 0.4) is 0 Å². The van der Waals surface area contributed by atoms with Crippen LogP contribution in [0.15, 0.2) is 110 Å². The predicted octanol–water partition coefficient (Wildman–Crippen LogP) is 8.08. The smallest absolute Gasteiger partial charge is 0.255 e. The number of benzene rings is 3. The van der Waals surface area contributed by atoms with Crippen LogP contribution < -0.4 is 20.9 Å². The summed E-state index contributed by atoms with van der Waals surface area (Å²) in [6.45, 7) is 15.4. The Morgan fingerprint density at radius 3 is 2.30 bits per heavy atom. The molecule has 18 heteroatoms. The molecule has 7 aromatic rings. The van der Waals surface area contributed by atoms with Crippen LogP contribution in [0.4, 0.5) is 34.1 Å². The molecule has 0 aliphatic carbocycles. The number of nitrogens with zero attached hydrogens (tertiary/aromatic N) is 10. The Bertz CT molecular complexity index is 2850. The number of pyridine rings is 1. The average Bonchev–Trinajstić information content (AvgIpc) is 3.84. The number of piperazine rings is 2. The molecule has 0 saturated carbocycles. The van der Waals surface area contributed by atoms with Crippen LogP contribution >= 0.6 is 22.9 Å². The van der Waals surface area contributed by atoms with E-state index >= 15 is 0 Å². The summed E-state index contributed by atoms with van der Waals surface area (Å²) in [4.78, 5) is 62.1. The molecule has 0 radical (unpaired) electrons. The van der Waals surface area contributed by atoms with Gasteiger partial charge in [-0.05, 0) is 98.6 Å². The third kappa shape index (κ3) is 13.5. The molecule has 2 aliphatic heterocycles. The van der Waals surface area contributed by atoms with Gasteiger partial charge in [0, 0.05) is 124 Å². The van der Waals surface area contributed by atoms with Crippen molar-refractivity contribution in [3.05, 3.63) is 153 Å². The van der Waals surface area contributed by atoms with Crippen LogP contribution in [0.1, 0.15) is 48.1 Å². The van der Waals surface area contributed by atoms with Crippen molar-refractivity contribution in [3.8, 4) is 11.3 Å². The fourth-order valence-electron chi connectivity index (χ4n) is 8.11. The summed E-state index contributed by atoms with van der Waals surface area (Å²) in [7, 11) is 2.16. The number of Topliss-reactive ketones (excluding diaryl/α,β-unsaturated/α-hetero) is 1. The highest BCUT2D eigenvalue weighted by molar-refractivity contribution is 7.17. The molecule has 4 aromatic heterocycles. The Morgan fingerprint density at radius 2 is 1.56 bits per heavy atom. The lowest BCUT2D eigenvalue weighted by Crippen LogP contribution is -2.47. The second-order valence-electron chi connectivity index (χ2n) is 17.4. The topological polar surface area (TPSA) is 181 Å².